The maximum Gasteiger partial charge on any atom is 0.226 e. The summed E-state index contributed by atoms with van der Waals surface area (Å²) in [6, 6.07) is 0. The Hall–Kier alpha value is -0.570. The minimum atomic E-state index is 0.244. The molecule has 0 aromatic carbocycles. The Morgan fingerprint density at radius 1 is 1.43 bits per heavy atom. The van der Waals surface area contributed by atoms with Crippen LogP contribution >= 0.6 is 0 Å². The van der Waals surface area contributed by atoms with E-state index in [4.69, 9.17) is 0 Å². The lowest BCUT2D eigenvalue weighted by molar-refractivity contribution is -0.136. The highest BCUT2D eigenvalue weighted by Crippen LogP contribution is 2.17. The Labute approximate surface area is 87.1 Å². The fraction of sp³-hybridized carbons (Fsp3) is 0.909. The molecule has 3 nitrogen and oxygen atoms in total. The quantitative estimate of drug-likeness (QED) is 0.680. The molecule has 82 valence electrons. The Bertz CT molecular complexity index is 190. The van der Waals surface area contributed by atoms with Gasteiger partial charge in [0.2, 0.25) is 5.91 Å². The third-order valence-electron chi connectivity index (χ3n) is 3.05. The van der Waals surface area contributed by atoms with Crippen LogP contribution in [0.2, 0.25) is 0 Å². The predicted molar refractivity (Wildman–Crippen MR) is 58.1 cm³/mol. The number of carbonyl (C=O) groups excluding carboxylic acids is 1. The molecule has 0 radical (unpaired) electrons. The molecule has 14 heavy (non-hydrogen) atoms. The molecule has 1 rings (SSSR count). The van der Waals surface area contributed by atoms with Crippen molar-refractivity contribution in [2.24, 2.45) is 5.92 Å². The summed E-state index contributed by atoms with van der Waals surface area (Å²) in [5.74, 6) is 0.593. The molecule has 1 atom stereocenters. The SMILES string of the molecule is CCN(CC)C(=O)[C@@H]1CCCN(C)C1. The van der Waals surface area contributed by atoms with E-state index >= 15 is 0 Å². The average Bonchev–Trinajstić information content (AvgIpc) is 2.19. The first-order chi connectivity index (χ1) is 6.69. The zero-order valence-electron chi connectivity index (χ0n) is 9.62. The molecular weight excluding hydrogens is 176 g/mol. The number of amides is 1. The molecule has 0 aromatic rings. The van der Waals surface area contributed by atoms with Gasteiger partial charge >= 0.3 is 0 Å². The van der Waals surface area contributed by atoms with Crippen molar-refractivity contribution in [3.8, 4) is 0 Å². The van der Waals surface area contributed by atoms with Gasteiger partial charge in [0.05, 0.1) is 5.92 Å². The van der Waals surface area contributed by atoms with Crippen LogP contribution in [0.4, 0.5) is 0 Å². The van der Waals surface area contributed by atoms with E-state index in [0.29, 0.717) is 5.91 Å². The van der Waals surface area contributed by atoms with Crippen molar-refractivity contribution in [1.29, 1.82) is 0 Å². The largest absolute Gasteiger partial charge is 0.343 e. The summed E-state index contributed by atoms with van der Waals surface area (Å²) < 4.78 is 0. The van der Waals surface area contributed by atoms with Crippen molar-refractivity contribution in [2.75, 3.05) is 33.2 Å². The number of likely N-dealkylation sites (tertiary alicyclic amines) is 1. The molecule has 0 unspecified atom stereocenters. The Morgan fingerprint density at radius 2 is 2.07 bits per heavy atom. The van der Waals surface area contributed by atoms with Gasteiger partial charge < -0.3 is 9.80 Å². The molecule has 1 aliphatic heterocycles. The van der Waals surface area contributed by atoms with Crippen LogP contribution in [-0.4, -0.2) is 48.9 Å². The van der Waals surface area contributed by atoms with E-state index in [0.717, 1.165) is 39.0 Å². The lowest BCUT2D eigenvalue weighted by Crippen LogP contribution is -2.43. The van der Waals surface area contributed by atoms with E-state index in [1.807, 2.05) is 18.7 Å². The Morgan fingerprint density at radius 3 is 2.57 bits per heavy atom. The van der Waals surface area contributed by atoms with Gasteiger partial charge in [-0.15, -0.1) is 0 Å². The number of hydrogen-bond acceptors (Lipinski definition) is 2. The fourth-order valence-electron chi connectivity index (χ4n) is 2.16. The van der Waals surface area contributed by atoms with Crippen molar-refractivity contribution < 1.29 is 4.79 Å². The molecule has 3 heteroatoms. The molecule has 0 N–H and O–H groups in total. The number of carbonyl (C=O) groups is 1. The maximum absolute atomic E-state index is 12.0. The van der Waals surface area contributed by atoms with Crippen molar-refractivity contribution >= 4 is 5.91 Å². The molecule has 0 aliphatic carbocycles. The summed E-state index contributed by atoms with van der Waals surface area (Å²) in [6.07, 6.45) is 2.23. The standard InChI is InChI=1S/C11H22N2O/c1-4-13(5-2)11(14)10-7-6-8-12(3)9-10/h10H,4-9H2,1-3H3/t10-/m1/s1. The van der Waals surface area contributed by atoms with Gasteiger partial charge in [-0.05, 0) is 40.3 Å². The lowest BCUT2D eigenvalue weighted by atomic mass is 9.97. The molecule has 0 spiro atoms. The molecule has 0 aromatic heterocycles. The van der Waals surface area contributed by atoms with Crippen molar-refractivity contribution in [2.45, 2.75) is 26.7 Å². The van der Waals surface area contributed by atoms with E-state index in [2.05, 4.69) is 11.9 Å². The molecule has 0 saturated carbocycles. The molecular formula is C11H22N2O. The van der Waals surface area contributed by atoms with E-state index in [9.17, 15) is 4.79 Å². The number of nitrogens with zero attached hydrogens (tertiary/aromatic N) is 2. The van der Waals surface area contributed by atoms with Crippen LogP contribution < -0.4 is 0 Å². The second-order valence-electron chi connectivity index (χ2n) is 4.11. The smallest absolute Gasteiger partial charge is 0.226 e. The third-order valence-corrected chi connectivity index (χ3v) is 3.05. The maximum atomic E-state index is 12.0. The highest BCUT2D eigenvalue weighted by atomic mass is 16.2. The van der Waals surface area contributed by atoms with Crippen molar-refractivity contribution in [3.63, 3.8) is 0 Å². The second kappa shape index (κ2) is 5.35. The first kappa shape index (κ1) is 11.5. The minimum absolute atomic E-state index is 0.244. The molecule has 0 bridgehead atoms. The topological polar surface area (TPSA) is 23.6 Å². The zero-order valence-corrected chi connectivity index (χ0v) is 9.62. The van der Waals surface area contributed by atoms with Crippen LogP contribution in [0.15, 0.2) is 0 Å². The summed E-state index contributed by atoms with van der Waals surface area (Å²) in [6.45, 7) is 7.87. The van der Waals surface area contributed by atoms with Crippen LogP contribution in [0.3, 0.4) is 0 Å². The zero-order chi connectivity index (χ0) is 10.6. The third kappa shape index (κ3) is 2.71. The van der Waals surface area contributed by atoms with Crippen LogP contribution in [0.25, 0.3) is 0 Å². The molecule has 1 aliphatic rings. The number of rotatable bonds is 3. The molecule has 1 amide bonds. The van der Waals surface area contributed by atoms with Crippen LogP contribution in [0.1, 0.15) is 26.7 Å². The summed E-state index contributed by atoms with van der Waals surface area (Å²) in [7, 11) is 2.10. The minimum Gasteiger partial charge on any atom is -0.343 e. The summed E-state index contributed by atoms with van der Waals surface area (Å²) >= 11 is 0. The van der Waals surface area contributed by atoms with E-state index in [-0.39, 0.29) is 5.92 Å². The highest BCUT2D eigenvalue weighted by molar-refractivity contribution is 5.79. The number of piperidine rings is 1. The van der Waals surface area contributed by atoms with E-state index in [1.54, 1.807) is 0 Å². The van der Waals surface area contributed by atoms with E-state index < -0.39 is 0 Å². The fourth-order valence-corrected chi connectivity index (χ4v) is 2.16. The van der Waals surface area contributed by atoms with Gasteiger partial charge in [0.1, 0.15) is 0 Å². The van der Waals surface area contributed by atoms with Gasteiger partial charge in [0.15, 0.2) is 0 Å². The highest BCUT2D eigenvalue weighted by Gasteiger charge is 2.26. The monoisotopic (exact) mass is 198 g/mol. The lowest BCUT2D eigenvalue weighted by Gasteiger charge is -2.32. The predicted octanol–water partition coefficient (Wildman–Crippen LogP) is 1.20. The average molecular weight is 198 g/mol. The Balaban J connectivity index is 2.50. The van der Waals surface area contributed by atoms with Crippen LogP contribution in [-0.2, 0) is 4.79 Å². The molecule has 1 heterocycles. The van der Waals surface area contributed by atoms with Gasteiger partial charge in [-0.3, -0.25) is 4.79 Å². The molecule has 1 fully saturated rings. The summed E-state index contributed by atoms with van der Waals surface area (Å²) in [4.78, 5) is 16.2. The van der Waals surface area contributed by atoms with Gasteiger partial charge in [-0.2, -0.15) is 0 Å². The van der Waals surface area contributed by atoms with Gasteiger partial charge in [-0.25, -0.2) is 0 Å². The second-order valence-corrected chi connectivity index (χ2v) is 4.11. The van der Waals surface area contributed by atoms with Gasteiger partial charge in [0.25, 0.3) is 0 Å². The Kier molecular flexibility index (Phi) is 4.39. The molecule has 1 saturated heterocycles. The van der Waals surface area contributed by atoms with Crippen molar-refractivity contribution in [3.05, 3.63) is 0 Å². The normalized spacial score (nSPS) is 23.5. The van der Waals surface area contributed by atoms with Crippen molar-refractivity contribution in [1.82, 2.24) is 9.80 Å². The van der Waals surface area contributed by atoms with Crippen LogP contribution in [0.5, 0.6) is 0 Å². The van der Waals surface area contributed by atoms with Gasteiger partial charge in [0, 0.05) is 19.6 Å². The van der Waals surface area contributed by atoms with Crippen LogP contribution in [0, 0.1) is 5.92 Å². The first-order valence-corrected chi connectivity index (χ1v) is 5.66. The number of hydrogen-bond donors (Lipinski definition) is 0. The summed E-state index contributed by atoms with van der Waals surface area (Å²) in [5.41, 5.74) is 0. The van der Waals surface area contributed by atoms with E-state index in [1.165, 1.54) is 0 Å². The summed E-state index contributed by atoms with van der Waals surface area (Å²) in [5, 5.41) is 0. The first-order valence-electron chi connectivity index (χ1n) is 5.66. The van der Waals surface area contributed by atoms with Gasteiger partial charge in [-0.1, -0.05) is 0 Å².